The van der Waals surface area contributed by atoms with Gasteiger partial charge in [-0.2, -0.15) is 5.10 Å². The Morgan fingerprint density at radius 1 is 1.29 bits per heavy atom. The van der Waals surface area contributed by atoms with Crippen molar-refractivity contribution < 1.29 is 18.4 Å². The first-order valence-electron chi connectivity index (χ1n) is 8.68. The molecular formula is C19H20ClFN4O3. The summed E-state index contributed by atoms with van der Waals surface area (Å²) in [6, 6.07) is 5.62. The smallest absolute Gasteiger partial charge is 0.273 e. The van der Waals surface area contributed by atoms with Crippen LogP contribution < -0.4 is 10.1 Å². The molecule has 0 spiro atoms. The summed E-state index contributed by atoms with van der Waals surface area (Å²) in [5, 5.41) is 11.6. The van der Waals surface area contributed by atoms with Crippen LogP contribution in [0.5, 0.6) is 5.75 Å². The van der Waals surface area contributed by atoms with Gasteiger partial charge in [-0.1, -0.05) is 16.8 Å². The van der Waals surface area contributed by atoms with E-state index in [1.54, 1.807) is 11.6 Å². The minimum atomic E-state index is -0.373. The fraction of sp³-hybridized carbons (Fsp3) is 0.316. The Morgan fingerprint density at radius 2 is 2.00 bits per heavy atom. The molecule has 9 heteroatoms. The van der Waals surface area contributed by atoms with Crippen molar-refractivity contribution in [1.82, 2.24) is 20.3 Å². The monoisotopic (exact) mass is 406 g/mol. The molecule has 1 N–H and O–H groups in total. The molecule has 1 amide bonds. The lowest BCUT2D eigenvalue weighted by atomic mass is 10.2. The van der Waals surface area contributed by atoms with E-state index in [2.05, 4.69) is 15.6 Å². The van der Waals surface area contributed by atoms with Gasteiger partial charge in [0.25, 0.3) is 5.91 Å². The third-order valence-electron chi connectivity index (χ3n) is 4.30. The number of nitrogens with zero attached hydrogens (tertiary/aromatic N) is 3. The summed E-state index contributed by atoms with van der Waals surface area (Å²) in [6.07, 6.45) is 0. The standard InChI is InChI=1S/C19H20ClFN4O3/c1-11-17(20)12(2)25(23-11)9-8-22-19(26)18-16(13(3)28-24-18)10-27-15-6-4-14(21)5-7-15/h4-7H,8-10H2,1-3H3,(H,22,26). The number of aromatic nitrogens is 3. The zero-order chi connectivity index (χ0) is 20.3. The zero-order valence-corrected chi connectivity index (χ0v) is 16.5. The van der Waals surface area contributed by atoms with Crippen molar-refractivity contribution >= 4 is 17.5 Å². The van der Waals surface area contributed by atoms with Gasteiger partial charge in [-0.05, 0) is 45.0 Å². The average molecular weight is 407 g/mol. The van der Waals surface area contributed by atoms with E-state index in [9.17, 15) is 9.18 Å². The van der Waals surface area contributed by atoms with Gasteiger partial charge in [0.15, 0.2) is 5.69 Å². The number of hydrogen-bond acceptors (Lipinski definition) is 5. The third kappa shape index (κ3) is 4.33. The zero-order valence-electron chi connectivity index (χ0n) is 15.8. The van der Waals surface area contributed by atoms with E-state index in [0.29, 0.717) is 35.2 Å². The predicted octanol–water partition coefficient (Wildman–Crippen LogP) is 3.60. The van der Waals surface area contributed by atoms with Crippen LogP contribution in [0.25, 0.3) is 0 Å². The summed E-state index contributed by atoms with van der Waals surface area (Å²) >= 11 is 6.13. The molecule has 0 radical (unpaired) electrons. The lowest BCUT2D eigenvalue weighted by Gasteiger charge is -2.08. The molecule has 0 saturated heterocycles. The highest BCUT2D eigenvalue weighted by molar-refractivity contribution is 6.31. The normalized spacial score (nSPS) is 10.9. The largest absolute Gasteiger partial charge is 0.489 e. The highest BCUT2D eigenvalue weighted by Gasteiger charge is 2.20. The highest BCUT2D eigenvalue weighted by atomic mass is 35.5. The summed E-state index contributed by atoms with van der Waals surface area (Å²) in [7, 11) is 0. The number of amides is 1. The van der Waals surface area contributed by atoms with E-state index in [-0.39, 0.29) is 24.0 Å². The van der Waals surface area contributed by atoms with Crippen LogP contribution in [0, 0.1) is 26.6 Å². The summed E-state index contributed by atoms with van der Waals surface area (Å²) in [5.41, 5.74) is 2.29. The van der Waals surface area contributed by atoms with Gasteiger partial charge in [0.1, 0.15) is 23.9 Å². The Morgan fingerprint density at radius 3 is 2.64 bits per heavy atom. The SMILES string of the molecule is Cc1nn(CCNC(=O)c2noc(C)c2COc2ccc(F)cc2)c(C)c1Cl. The van der Waals surface area contributed by atoms with Crippen LogP contribution in [0.2, 0.25) is 5.02 Å². The third-order valence-corrected chi connectivity index (χ3v) is 4.85. The molecule has 0 aliphatic heterocycles. The highest BCUT2D eigenvalue weighted by Crippen LogP contribution is 2.19. The number of aryl methyl sites for hydroxylation is 2. The maximum atomic E-state index is 13.0. The number of ether oxygens (including phenoxy) is 1. The molecule has 0 fully saturated rings. The van der Waals surface area contributed by atoms with Gasteiger partial charge >= 0.3 is 0 Å². The van der Waals surface area contributed by atoms with Crippen LogP contribution in [0.3, 0.4) is 0 Å². The molecule has 2 heterocycles. The fourth-order valence-corrected chi connectivity index (χ4v) is 2.81. The van der Waals surface area contributed by atoms with E-state index in [1.165, 1.54) is 24.3 Å². The molecule has 3 rings (SSSR count). The van der Waals surface area contributed by atoms with E-state index in [4.69, 9.17) is 20.9 Å². The lowest BCUT2D eigenvalue weighted by molar-refractivity contribution is 0.0940. The Labute approximate surface area is 166 Å². The van der Waals surface area contributed by atoms with Crippen molar-refractivity contribution in [2.75, 3.05) is 6.54 Å². The summed E-state index contributed by atoms with van der Waals surface area (Å²) in [4.78, 5) is 12.5. The van der Waals surface area contributed by atoms with Crippen molar-refractivity contribution in [3.05, 3.63) is 63.5 Å². The van der Waals surface area contributed by atoms with Crippen molar-refractivity contribution in [3.8, 4) is 5.75 Å². The molecule has 1 aromatic carbocycles. The predicted molar refractivity (Wildman–Crippen MR) is 101 cm³/mol. The second kappa shape index (κ2) is 8.43. The molecule has 0 atom stereocenters. The first-order chi connectivity index (χ1) is 13.4. The van der Waals surface area contributed by atoms with Crippen LogP contribution >= 0.6 is 11.6 Å². The Hall–Kier alpha value is -2.87. The van der Waals surface area contributed by atoms with Gasteiger partial charge in [0, 0.05) is 6.54 Å². The maximum absolute atomic E-state index is 13.0. The maximum Gasteiger partial charge on any atom is 0.273 e. The van der Waals surface area contributed by atoms with Gasteiger partial charge in [-0.3, -0.25) is 9.48 Å². The van der Waals surface area contributed by atoms with Crippen molar-refractivity contribution in [1.29, 1.82) is 0 Å². The van der Waals surface area contributed by atoms with Crippen LogP contribution in [-0.2, 0) is 13.2 Å². The lowest BCUT2D eigenvalue weighted by Crippen LogP contribution is -2.29. The molecule has 0 saturated carbocycles. The van der Waals surface area contributed by atoms with Crippen molar-refractivity contribution in [3.63, 3.8) is 0 Å². The molecule has 3 aromatic rings. The van der Waals surface area contributed by atoms with E-state index >= 15 is 0 Å². The summed E-state index contributed by atoms with van der Waals surface area (Å²) in [6.45, 7) is 6.30. The molecule has 0 unspecified atom stereocenters. The minimum absolute atomic E-state index is 0.0801. The number of halogens is 2. The van der Waals surface area contributed by atoms with Crippen molar-refractivity contribution in [2.45, 2.75) is 33.9 Å². The number of benzene rings is 1. The molecule has 7 nitrogen and oxygen atoms in total. The average Bonchev–Trinajstić information content (AvgIpc) is 3.16. The van der Waals surface area contributed by atoms with Gasteiger partial charge in [0.05, 0.1) is 28.5 Å². The van der Waals surface area contributed by atoms with Gasteiger partial charge in [0.2, 0.25) is 0 Å². The first kappa shape index (κ1) is 19.9. The molecule has 148 valence electrons. The second-order valence-electron chi connectivity index (χ2n) is 6.27. The molecular weight excluding hydrogens is 387 g/mol. The van der Waals surface area contributed by atoms with Crippen LogP contribution in [0.4, 0.5) is 4.39 Å². The Bertz CT molecular complexity index is 982. The minimum Gasteiger partial charge on any atom is -0.489 e. The topological polar surface area (TPSA) is 82.2 Å². The number of rotatable bonds is 7. The summed E-state index contributed by atoms with van der Waals surface area (Å²) < 4.78 is 25.5. The number of carbonyl (C=O) groups is 1. The van der Waals surface area contributed by atoms with E-state index < -0.39 is 0 Å². The number of carbonyl (C=O) groups excluding carboxylic acids is 1. The van der Waals surface area contributed by atoms with E-state index in [0.717, 1.165) is 11.4 Å². The number of nitrogens with one attached hydrogen (secondary N) is 1. The Balaban J connectivity index is 1.60. The van der Waals surface area contributed by atoms with Crippen LogP contribution in [0.15, 0.2) is 28.8 Å². The van der Waals surface area contributed by atoms with Gasteiger partial charge < -0.3 is 14.6 Å². The van der Waals surface area contributed by atoms with Crippen molar-refractivity contribution in [2.24, 2.45) is 0 Å². The quantitative estimate of drug-likeness (QED) is 0.648. The molecule has 0 aliphatic rings. The molecule has 28 heavy (non-hydrogen) atoms. The van der Waals surface area contributed by atoms with Crippen LogP contribution in [0.1, 0.15) is 33.2 Å². The molecule has 0 bridgehead atoms. The van der Waals surface area contributed by atoms with Crippen LogP contribution in [-0.4, -0.2) is 27.4 Å². The van der Waals surface area contributed by atoms with E-state index in [1.807, 2.05) is 13.8 Å². The van der Waals surface area contributed by atoms with Gasteiger partial charge in [-0.25, -0.2) is 4.39 Å². The molecule has 0 aliphatic carbocycles. The van der Waals surface area contributed by atoms with Gasteiger partial charge in [-0.15, -0.1) is 0 Å². The Kier molecular flexibility index (Phi) is 5.99. The second-order valence-corrected chi connectivity index (χ2v) is 6.65. The number of hydrogen-bond donors (Lipinski definition) is 1. The molecule has 2 aromatic heterocycles. The first-order valence-corrected chi connectivity index (χ1v) is 9.06. The summed E-state index contributed by atoms with van der Waals surface area (Å²) in [5.74, 6) is 0.243. The fourth-order valence-electron chi connectivity index (χ4n) is 2.68.